The van der Waals surface area contributed by atoms with E-state index in [0.717, 1.165) is 42.6 Å². The smallest absolute Gasteiger partial charge is 0.253 e. The van der Waals surface area contributed by atoms with Crippen molar-refractivity contribution in [1.82, 2.24) is 30.1 Å². The maximum absolute atomic E-state index is 13.5. The number of tetrazole rings is 1. The monoisotopic (exact) mass is 504 g/mol. The number of pyridine rings is 1. The topological polar surface area (TPSA) is 107 Å². The molecule has 1 saturated heterocycles. The van der Waals surface area contributed by atoms with Gasteiger partial charge in [0.15, 0.2) is 17.3 Å². The van der Waals surface area contributed by atoms with Crippen LogP contribution in [0.3, 0.4) is 0 Å². The molecule has 2 atom stereocenters. The average molecular weight is 505 g/mol. The molecule has 5 rings (SSSR count). The predicted molar refractivity (Wildman–Crippen MR) is 139 cm³/mol. The van der Waals surface area contributed by atoms with Crippen molar-refractivity contribution < 1.29 is 14.2 Å². The number of aromatic nitrogens is 5. The van der Waals surface area contributed by atoms with Gasteiger partial charge in [-0.2, -0.15) is 0 Å². The normalized spacial score (nSPS) is 17.0. The summed E-state index contributed by atoms with van der Waals surface area (Å²) in [5.74, 6) is 3.08. The molecule has 3 heterocycles. The van der Waals surface area contributed by atoms with Crippen LogP contribution in [0.5, 0.6) is 17.2 Å². The first-order chi connectivity index (χ1) is 18.0. The summed E-state index contributed by atoms with van der Waals surface area (Å²) in [7, 11) is 4.82. The third kappa shape index (κ3) is 5.01. The number of rotatable bonds is 8. The Morgan fingerprint density at radius 3 is 2.51 bits per heavy atom. The lowest BCUT2D eigenvalue weighted by atomic mass is 9.95. The number of piperidine rings is 1. The molecule has 2 aromatic heterocycles. The third-order valence-corrected chi connectivity index (χ3v) is 7.02. The molecule has 1 aliphatic rings. The van der Waals surface area contributed by atoms with Gasteiger partial charge >= 0.3 is 0 Å². The third-order valence-electron chi connectivity index (χ3n) is 7.02. The van der Waals surface area contributed by atoms with Crippen LogP contribution in [0.4, 0.5) is 0 Å². The minimum absolute atomic E-state index is 0.179. The SMILES string of the molecule is COc1ccc(Cn2nnnc2[C@H](c2cc3cc(OC)c(OC)cc3[nH]c2=O)N2CCC[C@@H](C)C2)cc1. The van der Waals surface area contributed by atoms with Gasteiger partial charge in [-0.3, -0.25) is 9.69 Å². The van der Waals surface area contributed by atoms with Gasteiger partial charge in [0.2, 0.25) is 0 Å². The van der Waals surface area contributed by atoms with E-state index in [1.54, 1.807) is 32.1 Å². The molecule has 2 aromatic carbocycles. The van der Waals surface area contributed by atoms with Gasteiger partial charge in [0, 0.05) is 23.6 Å². The maximum atomic E-state index is 13.5. The lowest BCUT2D eigenvalue weighted by molar-refractivity contribution is 0.141. The molecule has 194 valence electrons. The molecule has 10 nitrogen and oxygen atoms in total. The van der Waals surface area contributed by atoms with Crippen LogP contribution in [0.25, 0.3) is 10.9 Å². The quantitative estimate of drug-likeness (QED) is 0.389. The number of H-pyrrole nitrogens is 1. The van der Waals surface area contributed by atoms with Gasteiger partial charge < -0.3 is 19.2 Å². The van der Waals surface area contributed by atoms with Crippen molar-refractivity contribution >= 4 is 10.9 Å². The van der Waals surface area contributed by atoms with Crippen LogP contribution in [0.1, 0.15) is 42.8 Å². The highest BCUT2D eigenvalue weighted by Gasteiger charge is 2.33. The van der Waals surface area contributed by atoms with Gasteiger partial charge in [-0.25, -0.2) is 4.68 Å². The average Bonchev–Trinajstić information content (AvgIpc) is 3.36. The van der Waals surface area contributed by atoms with Crippen molar-refractivity contribution in [2.24, 2.45) is 5.92 Å². The Balaban J connectivity index is 1.61. The zero-order chi connectivity index (χ0) is 25.9. The summed E-state index contributed by atoms with van der Waals surface area (Å²) in [5, 5.41) is 13.6. The van der Waals surface area contributed by atoms with Crippen LogP contribution in [0.15, 0.2) is 47.3 Å². The highest BCUT2D eigenvalue weighted by molar-refractivity contribution is 5.83. The van der Waals surface area contributed by atoms with Gasteiger partial charge in [0.05, 0.1) is 33.4 Å². The molecule has 4 aromatic rings. The van der Waals surface area contributed by atoms with Crippen LogP contribution in [-0.2, 0) is 6.54 Å². The van der Waals surface area contributed by atoms with E-state index >= 15 is 0 Å². The second-order valence-corrected chi connectivity index (χ2v) is 9.54. The number of nitrogens with zero attached hydrogens (tertiary/aromatic N) is 5. The minimum atomic E-state index is -0.405. The zero-order valence-corrected chi connectivity index (χ0v) is 21.6. The molecule has 0 amide bonds. The van der Waals surface area contributed by atoms with Crippen LogP contribution in [0, 0.1) is 5.92 Å². The number of benzene rings is 2. The van der Waals surface area contributed by atoms with E-state index < -0.39 is 6.04 Å². The van der Waals surface area contributed by atoms with E-state index in [1.807, 2.05) is 36.4 Å². The summed E-state index contributed by atoms with van der Waals surface area (Å²) in [6.45, 7) is 4.42. The van der Waals surface area contributed by atoms with Crippen molar-refractivity contribution in [2.45, 2.75) is 32.4 Å². The highest BCUT2D eigenvalue weighted by atomic mass is 16.5. The molecule has 1 aliphatic heterocycles. The van der Waals surface area contributed by atoms with E-state index in [-0.39, 0.29) is 5.56 Å². The number of hydrogen-bond donors (Lipinski definition) is 1. The number of fused-ring (bicyclic) bond motifs is 1. The number of likely N-dealkylation sites (tertiary alicyclic amines) is 1. The van der Waals surface area contributed by atoms with E-state index in [0.29, 0.717) is 40.9 Å². The zero-order valence-electron chi connectivity index (χ0n) is 21.6. The highest BCUT2D eigenvalue weighted by Crippen LogP contribution is 2.34. The van der Waals surface area contributed by atoms with Crippen molar-refractivity contribution in [3.63, 3.8) is 0 Å². The van der Waals surface area contributed by atoms with Crippen molar-refractivity contribution in [1.29, 1.82) is 0 Å². The summed E-state index contributed by atoms with van der Waals surface area (Å²) in [4.78, 5) is 18.9. The number of hydrogen-bond acceptors (Lipinski definition) is 8. The van der Waals surface area contributed by atoms with E-state index in [2.05, 4.69) is 32.3 Å². The first-order valence-corrected chi connectivity index (χ1v) is 12.4. The summed E-state index contributed by atoms with van der Waals surface area (Å²) < 4.78 is 18.0. The van der Waals surface area contributed by atoms with Crippen LogP contribution < -0.4 is 19.8 Å². The number of aromatic amines is 1. The number of ether oxygens (including phenoxy) is 3. The Bertz CT molecular complexity index is 1430. The molecule has 10 heteroatoms. The Kier molecular flexibility index (Phi) is 7.09. The second kappa shape index (κ2) is 10.6. The largest absolute Gasteiger partial charge is 0.497 e. The Labute approximate surface area is 215 Å². The fraction of sp³-hybridized carbons (Fsp3) is 0.407. The van der Waals surface area contributed by atoms with Crippen molar-refractivity contribution in [3.8, 4) is 17.2 Å². The van der Waals surface area contributed by atoms with Crippen molar-refractivity contribution in [3.05, 3.63) is 69.8 Å². The van der Waals surface area contributed by atoms with Gasteiger partial charge in [-0.05, 0) is 65.6 Å². The molecule has 0 aliphatic carbocycles. The lowest BCUT2D eigenvalue weighted by Crippen LogP contribution is -2.41. The lowest BCUT2D eigenvalue weighted by Gasteiger charge is -2.36. The van der Waals surface area contributed by atoms with Crippen LogP contribution in [0.2, 0.25) is 0 Å². The fourth-order valence-electron chi connectivity index (χ4n) is 5.14. The molecule has 0 spiro atoms. The second-order valence-electron chi connectivity index (χ2n) is 9.54. The van der Waals surface area contributed by atoms with E-state index in [9.17, 15) is 4.79 Å². The predicted octanol–water partition coefficient (Wildman–Crippen LogP) is 3.41. The summed E-state index contributed by atoms with van der Waals surface area (Å²) >= 11 is 0. The Morgan fingerprint density at radius 1 is 1.05 bits per heavy atom. The molecule has 0 bridgehead atoms. The molecular formula is C27H32N6O4. The molecule has 0 saturated carbocycles. The number of nitrogens with one attached hydrogen (secondary N) is 1. The van der Waals surface area contributed by atoms with Gasteiger partial charge in [0.25, 0.3) is 5.56 Å². The number of methoxy groups -OCH3 is 3. The Hall–Kier alpha value is -3.92. The molecular weight excluding hydrogens is 472 g/mol. The van der Waals surface area contributed by atoms with Crippen LogP contribution >= 0.6 is 0 Å². The first-order valence-electron chi connectivity index (χ1n) is 12.4. The maximum Gasteiger partial charge on any atom is 0.253 e. The first kappa shape index (κ1) is 24.8. The minimum Gasteiger partial charge on any atom is -0.497 e. The van der Waals surface area contributed by atoms with Gasteiger partial charge in [-0.1, -0.05) is 19.1 Å². The molecule has 0 unspecified atom stereocenters. The molecule has 37 heavy (non-hydrogen) atoms. The summed E-state index contributed by atoms with van der Waals surface area (Å²) in [5.41, 5.74) is 2.13. The fourth-order valence-corrected chi connectivity index (χ4v) is 5.14. The van der Waals surface area contributed by atoms with Gasteiger partial charge in [0.1, 0.15) is 11.8 Å². The Morgan fingerprint density at radius 2 is 1.81 bits per heavy atom. The summed E-state index contributed by atoms with van der Waals surface area (Å²) in [6.07, 6.45) is 2.21. The molecule has 1 fully saturated rings. The van der Waals surface area contributed by atoms with Crippen molar-refractivity contribution in [2.75, 3.05) is 34.4 Å². The molecule has 1 N–H and O–H groups in total. The van der Waals surface area contributed by atoms with E-state index in [1.165, 1.54) is 0 Å². The standard InChI is InChI=1S/C27H32N6O4/c1-17-6-5-11-32(15-17)25(26-29-30-31-33(26)16-18-7-9-20(35-2)10-8-18)21-12-19-13-23(36-3)24(37-4)14-22(19)28-27(21)34/h7-10,12-14,17,25H,5-6,11,15-16H2,1-4H3,(H,28,34)/t17-,25+/m1/s1. The van der Waals surface area contributed by atoms with Gasteiger partial charge in [-0.15, -0.1) is 5.10 Å². The molecule has 0 radical (unpaired) electrons. The van der Waals surface area contributed by atoms with Crippen LogP contribution in [-0.4, -0.2) is 64.5 Å². The van der Waals surface area contributed by atoms with E-state index in [4.69, 9.17) is 14.2 Å². The summed E-state index contributed by atoms with van der Waals surface area (Å²) in [6, 6.07) is 13.0.